The zero-order chi connectivity index (χ0) is 25.6. The van der Waals surface area contributed by atoms with E-state index >= 15 is 0 Å². The van der Waals surface area contributed by atoms with Gasteiger partial charge in [-0.15, -0.1) is 16.1 Å². The highest BCUT2D eigenvalue weighted by molar-refractivity contribution is 7.17. The number of benzene rings is 1. The second kappa shape index (κ2) is 8.75. The van der Waals surface area contributed by atoms with Crippen LogP contribution >= 0.6 is 11.3 Å². The number of alkyl halides is 5. The van der Waals surface area contributed by atoms with E-state index in [-0.39, 0.29) is 17.1 Å². The van der Waals surface area contributed by atoms with Gasteiger partial charge in [-0.25, -0.2) is 18.7 Å². The Morgan fingerprint density at radius 3 is 2.58 bits per heavy atom. The Hall–Kier alpha value is -4.27. The van der Waals surface area contributed by atoms with E-state index in [2.05, 4.69) is 30.6 Å². The van der Waals surface area contributed by atoms with Crippen LogP contribution in [0.5, 0.6) is 0 Å². The summed E-state index contributed by atoms with van der Waals surface area (Å²) in [4.78, 5) is 21.9. The molecule has 0 bridgehead atoms. The van der Waals surface area contributed by atoms with Crippen LogP contribution in [0.1, 0.15) is 28.0 Å². The number of hydrogen-bond acceptors (Lipinski definition) is 7. The van der Waals surface area contributed by atoms with E-state index in [4.69, 9.17) is 0 Å². The summed E-state index contributed by atoms with van der Waals surface area (Å²) < 4.78 is 71.3. The lowest BCUT2D eigenvalue weighted by molar-refractivity contribution is -0.137. The lowest BCUT2D eigenvalue weighted by Crippen LogP contribution is -2.21. The number of nitrogens with zero attached hydrogens (tertiary/aromatic N) is 7. The Kier molecular flexibility index (Phi) is 5.70. The molecule has 0 atom stereocenters. The highest BCUT2D eigenvalue weighted by atomic mass is 32.1. The Morgan fingerprint density at radius 2 is 1.89 bits per heavy atom. The van der Waals surface area contributed by atoms with E-state index in [0.717, 1.165) is 33.1 Å². The molecule has 15 heteroatoms. The van der Waals surface area contributed by atoms with E-state index in [1.54, 1.807) is 12.1 Å². The molecule has 0 aliphatic rings. The summed E-state index contributed by atoms with van der Waals surface area (Å²) >= 11 is 1.14. The highest BCUT2D eigenvalue weighted by Crippen LogP contribution is 2.42. The van der Waals surface area contributed by atoms with Gasteiger partial charge in [0.2, 0.25) is 0 Å². The molecule has 0 radical (unpaired) electrons. The maximum atomic E-state index is 14.2. The van der Waals surface area contributed by atoms with Gasteiger partial charge >= 0.3 is 6.18 Å². The van der Waals surface area contributed by atoms with Crippen LogP contribution in [0.25, 0.3) is 27.3 Å². The number of aryl methyl sites for hydroxylation is 1. The number of aromatic nitrogens is 7. The number of carbonyl (C=O) groups is 1. The topological polar surface area (TPSA) is 103 Å². The second-order valence-electron chi connectivity index (χ2n) is 7.41. The zero-order valence-corrected chi connectivity index (χ0v) is 18.8. The van der Waals surface area contributed by atoms with Crippen LogP contribution in [0.4, 0.5) is 27.6 Å². The van der Waals surface area contributed by atoms with Crippen LogP contribution < -0.4 is 5.32 Å². The molecule has 4 heterocycles. The Morgan fingerprint density at radius 1 is 1.14 bits per heavy atom. The molecule has 4 aromatic heterocycles. The number of halogens is 5. The van der Waals surface area contributed by atoms with E-state index < -0.39 is 41.0 Å². The third-order valence-corrected chi connectivity index (χ3v) is 6.03. The minimum atomic E-state index is -4.95. The maximum absolute atomic E-state index is 14.2. The largest absolute Gasteiger partial charge is 0.420 e. The van der Waals surface area contributed by atoms with Crippen LogP contribution in [0, 0.1) is 0 Å². The molecular formula is C21H13F5N8OS. The van der Waals surface area contributed by atoms with Gasteiger partial charge in [-0.2, -0.15) is 28.5 Å². The first-order valence-electron chi connectivity index (χ1n) is 10.1. The van der Waals surface area contributed by atoms with Gasteiger partial charge in [0, 0.05) is 12.6 Å². The smallest absolute Gasteiger partial charge is 0.319 e. The predicted octanol–water partition coefficient (Wildman–Crippen LogP) is 4.88. The predicted molar refractivity (Wildman–Crippen MR) is 119 cm³/mol. The molecule has 184 valence electrons. The number of nitrogens with one attached hydrogen (secondary N) is 1. The molecule has 5 aromatic rings. The van der Waals surface area contributed by atoms with Crippen molar-refractivity contribution >= 4 is 33.1 Å². The SMILES string of the molecule is Cn1nc(-c2cccc3ncsc23)c(C(F)(F)F)c1C(=O)Nc1cnc(-n2nccn2)c(C(F)F)c1. The molecule has 1 aromatic carbocycles. The summed E-state index contributed by atoms with van der Waals surface area (Å²) in [5.74, 6) is -1.49. The molecule has 0 fully saturated rings. The molecule has 0 spiro atoms. The first-order chi connectivity index (χ1) is 17.1. The van der Waals surface area contributed by atoms with Gasteiger partial charge in [0.25, 0.3) is 12.3 Å². The van der Waals surface area contributed by atoms with Crippen LogP contribution in [-0.2, 0) is 13.2 Å². The van der Waals surface area contributed by atoms with Crippen molar-refractivity contribution in [2.24, 2.45) is 7.05 Å². The summed E-state index contributed by atoms with van der Waals surface area (Å²) in [7, 11) is 1.19. The van der Waals surface area contributed by atoms with Crippen molar-refractivity contribution in [1.29, 1.82) is 0 Å². The van der Waals surface area contributed by atoms with E-state index in [1.165, 1.54) is 31.0 Å². The normalized spacial score (nSPS) is 12.0. The molecular weight excluding hydrogens is 507 g/mol. The van der Waals surface area contributed by atoms with Crippen molar-refractivity contribution in [3.05, 3.63) is 65.2 Å². The summed E-state index contributed by atoms with van der Waals surface area (Å²) in [5.41, 5.74) is -1.23. The van der Waals surface area contributed by atoms with Crippen molar-refractivity contribution in [2.75, 3.05) is 5.32 Å². The van der Waals surface area contributed by atoms with Crippen LogP contribution in [0.15, 0.2) is 48.4 Å². The second-order valence-corrected chi connectivity index (χ2v) is 8.26. The van der Waals surface area contributed by atoms with Gasteiger partial charge < -0.3 is 5.32 Å². The van der Waals surface area contributed by atoms with Crippen molar-refractivity contribution in [3.63, 3.8) is 0 Å². The van der Waals surface area contributed by atoms with E-state index in [0.29, 0.717) is 10.2 Å². The molecule has 9 nitrogen and oxygen atoms in total. The number of thiazole rings is 1. The number of hydrogen-bond donors (Lipinski definition) is 1. The summed E-state index contributed by atoms with van der Waals surface area (Å²) in [6.45, 7) is 0. The van der Waals surface area contributed by atoms with Gasteiger partial charge in [0.15, 0.2) is 5.82 Å². The molecule has 5 rings (SSSR count). The highest BCUT2D eigenvalue weighted by Gasteiger charge is 2.42. The fourth-order valence-electron chi connectivity index (χ4n) is 3.70. The molecule has 1 N–H and O–H groups in total. The molecule has 0 unspecified atom stereocenters. The number of fused-ring (bicyclic) bond motifs is 1. The number of amides is 1. The quantitative estimate of drug-likeness (QED) is 0.332. The van der Waals surface area contributed by atoms with Crippen LogP contribution in [0.3, 0.4) is 0 Å². The minimum absolute atomic E-state index is 0.162. The van der Waals surface area contributed by atoms with E-state index in [9.17, 15) is 26.7 Å². The zero-order valence-electron chi connectivity index (χ0n) is 18.0. The number of anilines is 1. The number of pyridine rings is 1. The third-order valence-electron chi connectivity index (χ3n) is 5.15. The molecule has 0 aliphatic heterocycles. The van der Waals surface area contributed by atoms with Crippen molar-refractivity contribution < 1.29 is 26.7 Å². The lowest BCUT2D eigenvalue weighted by Gasteiger charge is -2.13. The lowest BCUT2D eigenvalue weighted by atomic mass is 10.0. The Bertz CT molecular complexity index is 1580. The monoisotopic (exact) mass is 520 g/mol. The van der Waals surface area contributed by atoms with E-state index in [1.807, 2.05) is 0 Å². The Balaban J connectivity index is 1.57. The van der Waals surface area contributed by atoms with Crippen molar-refractivity contribution in [2.45, 2.75) is 12.6 Å². The number of carbonyl (C=O) groups excluding carboxylic acids is 1. The first kappa shape index (κ1) is 23.5. The van der Waals surface area contributed by atoms with Crippen molar-refractivity contribution in [1.82, 2.24) is 34.7 Å². The number of rotatable bonds is 5. The molecule has 0 aliphatic carbocycles. The molecule has 0 saturated heterocycles. The van der Waals surface area contributed by atoms with Crippen molar-refractivity contribution in [3.8, 4) is 17.1 Å². The average Bonchev–Trinajstić information content (AvgIpc) is 3.57. The standard InChI is InChI=1S/C21H13F5N8OS/c1-33-16(14(21(24,25)26)15(32-33)11-3-2-4-13-17(11)36-9-28-13)20(35)31-10-7-12(18(22)23)19(27-8-10)34-29-5-6-30-34/h2-9,18H,1H3,(H,31,35). The average molecular weight is 520 g/mol. The summed E-state index contributed by atoms with van der Waals surface area (Å²) in [6, 6.07) is 5.55. The molecule has 36 heavy (non-hydrogen) atoms. The third kappa shape index (κ3) is 4.06. The van der Waals surface area contributed by atoms with Gasteiger partial charge in [0.05, 0.1) is 45.6 Å². The molecule has 0 saturated carbocycles. The van der Waals surface area contributed by atoms with Gasteiger partial charge in [0.1, 0.15) is 17.0 Å². The summed E-state index contributed by atoms with van der Waals surface area (Å²) in [6.07, 6.45) is -4.43. The van der Waals surface area contributed by atoms with Gasteiger partial charge in [-0.3, -0.25) is 9.48 Å². The minimum Gasteiger partial charge on any atom is -0.319 e. The summed E-state index contributed by atoms with van der Waals surface area (Å²) in [5, 5.41) is 13.7. The maximum Gasteiger partial charge on any atom is 0.420 e. The first-order valence-corrected chi connectivity index (χ1v) is 11.0. The van der Waals surface area contributed by atoms with Gasteiger partial charge in [-0.05, 0) is 12.1 Å². The fourth-order valence-corrected chi connectivity index (χ4v) is 4.51. The van der Waals surface area contributed by atoms with Crippen LogP contribution in [-0.4, -0.2) is 40.6 Å². The Labute approximate surface area is 202 Å². The van der Waals surface area contributed by atoms with Gasteiger partial charge in [-0.1, -0.05) is 12.1 Å². The fraction of sp³-hybridized carbons (Fsp3) is 0.143. The molecule has 1 amide bonds. The van der Waals surface area contributed by atoms with Crippen LogP contribution in [0.2, 0.25) is 0 Å².